The molecule has 0 amide bonds. The minimum absolute atomic E-state index is 0.775. The van der Waals surface area contributed by atoms with Crippen molar-refractivity contribution in [3.63, 3.8) is 0 Å². The molecule has 12 heavy (non-hydrogen) atoms. The molecule has 1 aliphatic heterocycles. The van der Waals surface area contributed by atoms with Gasteiger partial charge < -0.3 is 10.2 Å². The van der Waals surface area contributed by atoms with Crippen LogP contribution in [0.4, 0.5) is 0 Å². The average Bonchev–Trinajstić information content (AvgIpc) is 2.47. The number of nitrogens with zero attached hydrogens (tertiary/aromatic N) is 1. The topological polar surface area (TPSA) is 15.3 Å². The van der Waals surface area contributed by atoms with Gasteiger partial charge in [-0.3, -0.25) is 0 Å². The van der Waals surface area contributed by atoms with Crippen LogP contribution in [0.5, 0.6) is 0 Å². The van der Waals surface area contributed by atoms with Crippen molar-refractivity contribution in [1.82, 2.24) is 10.2 Å². The lowest BCUT2D eigenvalue weighted by Crippen LogP contribution is -2.37. The van der Waals surface area contributed by atoms with E-state index >= 15 is 0 Å². The molecule has 0 aromatic rings. The summed E-state index contributed by atoms with van der Waals surface area (Å²) in [4.78, 5) is 2.51. The van der Waals surface area contributed by atoms with Crippen molar-refractivity contribution in [2.45, 2.75) is 32.7 Å². The molecule has 1 fully saturated rings. The van der Waals surface area contributed by atoms with Crippen LogP contribution in [0.2, 0.25) is 0 Å². The lowest BCUT2D eigenvalue weighted by atomic mass is 10.1. The fourth-order valence-corrected chi connectivity index (χ4v) is 1.96. The lowest BCUT2D eigenvalue weighted by Gasteiger charge is -2.26. The molecule has 72 valence electrons. The fraction of sp³-hybridized carbons (Fsp3) is 1.00. The minimum Gasteiger partial charge on any atom is -0.315 e. The van der Waals surface area contributed by atoms with E-state index in [1.165, 1.54) is 32.5 Å². The van der Waals surface area contributed by atoms with E-state index in [1.54, 1.807) is 0 Å². The number of unbranched alkanes of at least 4 members (excludes halogenated alkanes) is 1. The molecule has 2 atom stereocenters. The van der Waals surface area contributed by atoms with E-state index in [-0.39, 0.29) is 0 Å². The maximum Gasteiger partial charge on any atom is 0.0255 e. The highest BCUT2D eigenvalue weighted by Gasteiger charge is 2.25. The highest BCUT2D eigenvalue weighted by Crippen LogP contribution is 2.13. The van der Waals surface area contributed by atoms with Crippen LogP contribution in [0.1, 0.15) is 26.7 Å². The summed E-state index contributed by atoms with van der Waals surface area (Å²) in [6.45, 7) is 8.23. The molecule has 0 aromatic heterocycles. The van der Waals surface area contributed by atoms with E-state index in [2.05, 4.69) is 31.1 Å². The summed E-state index contributed by atoms with van der Waals surface area (Å²) in [7, 11) is 2.25. The molecule has 0 aliphatic carbocycles. The van der Waals surface area contributed by atoms with Gasteiger partial charge >= 0.3 is 0 Å². The third kappa shape index (κ3) is 2.46. The highest BCUT2D eigenvalue weighted by molar-refractivity contribution is 4.84. The van der Waals surface area contributed by atoms with Crippen molar-refractivity contribution in [3.8, 4) is 0 Å². The van der Waals surface area contributed by atoms with Gasteiger partial charge in [0.1, 0.15) is 0 Å². The molecule has 0 aromatic carbocycles. The Hall–Kier alpha value is -0.0800. The second-order valence-corrected chi connectivity index (χ2v) is 4.04. The van der Waals surface area contributed by atoms with Crippen molar-refractivity contribution < 1.29 is 0 Å². The van der Waals surface area contributed by atoms with Gasteiger partial charge in [0.15, 0.2) is 0 Å². The van der Waals surface area contributed by atoms with Crippen LogP contribution in [-0.4, -0.2) is 37.6 Å². The van der Waals surface area contributed by atoms with Gasteiger partial charge in [0.25, 0.3) is 0 Å². The number of rotatable bonds is 4. The van der Waals surface area contributed by atoms with E-state index < -0.39 is 0 Å². The maximum absolute atomic E-state index is 3.44. The van der Waals surface area contributed by atoms with Crippen molar-refractivity contribution in [2.24, 2.45) is 5.92 Å². The molecule has 0 radical (unpaired) electrons. The zero-order valence-electron chi connectivity index (χ0n) is 8.64. The van der Waals surface area contributed by atoms with Gasteiger partial charge in [0.05, 0.1) is 0 Å². The molecule has 1 heterocycles. The summed E-state index contributed by atoms with van der Waals surface area (Å²) in [5.41, 5.74) is 0. The summed E-state index contributed by atoms with van der Waals surface area (Å²) in [6.07, 6.45) is 2.64. The molecule has 1 rings (SSSR count). The van der Waals surface area contributed by atoms with Crippen LogP contribution in [0.25, 0.3) is 0 Å². The van der Waals surface area contributed by atoms with Crippen LogP contribution in [0.3, 0.4) is 0 Å². The van der Waals surface area contributed by atoms with E-state index in [4.69, 9.17) is 0 Å². The van der Waals surface area contributed by atoms with Crippen LogP contribution < -0.4 is 5.32 Å². The molecule has 1 N–H and O–H groups in total. The second kappa shape index (κ2) is 4.83. The van der Waals surface area contributed by atoms with Crippen LogP contribution in [0, 0.1) is 5.92 Å². The Morgan fingerprint density at radius 1 is 1.42 bits per heavy atom. The zero-order valence-corrected chi connectivity index (χ0v) is 8.64. The van der Waals surface area contributed by atoms with E-state index in [9.17, 15) is 0 Å². The third-order valence-corrected chi connectivity index (χ3v) is 2.91. The van der Waals surface area contributed by atoms with E-state index in [0.717, 1.165) is 12.0 Å². The summed E-state index contributed by atoms with van der Waals surface area (Å²) in [5.74, 6) is 0.826. The van der Waals surface area contributed by atoms with Gasteiger partial charge in [-0.2, -0.15) is 0 Å². The number of likely N-dealkylation sites (N-methyl/N-ethyl adjacent to an activating group) is 1. The predicted octanol–water partition coefficient (Wildman–Crippen LogP) is 1.33. The Balaban J connectivity index is 2.25. The fourth-order valence-electron chi connectivity index (χ4n) is 1.96. The van der Waals surface area contributed by atoms with Gasteiger partial charge in [-0.15, -0.1) is 0 Å². The standard InChI is InChI=1S/C10H22N2/c1-4-5-6-12(3)10-8-11-7-9(10)2/h9-11H,4-8H2,1-3H3. The molecule has 2 unspecified atom stereocenters. The first-order valence-electron chi connectivity index (χ1n) is 5.16. The van der Waals surface area contributed by atoms with Crippen molar-refractivity contribution in [2.75, 3.05) is 26.7 Å². The molecular formula is C10H22N2. The second-order valence-electron chi connectivity index (χ2n) is 4.04. The largest absolute Gasteiger partial charge is 0.315 e. The maximum atomic E-state index is 3.44. The third-order valence-electron chi connectivity index (χ3n) is 2.91. The average molecular weight is 170 g/mol. The number of hydrogen-bond donors (Lipinski definition) is 1. The van der Waals surface area contributed by atoms with Crippen molar-refractivity contribution >= 4 is 0 Å². The Bertz CT molecular complexity index is 125. The molecular weight excluding hydrogens is 148 g/mol. The van der Waals surface area contributed by atoms with Crippen LogP contribution in [-0.2, 0) is 0 Å². The zero-order chi connectivity index (χ0) is 8.97. The quantitative estimate of drug-likeness (QED) is 0.684. The molecule has 0 saturated carbocycles. The van der Waals surface area contributed by atoms with Crippen LogP contribution >= 0.6 is 0 Å². The Morgan fingerprint density at radius 3 is 2.67 bits per heavy atom. The lowest BCUT2D eigenvalue weighted by molar-refractivity contribution is 0.217. The summed E-state index contributed by atoms with van der Waals surface area (Å²) < 4.78 is 0. The highest BCUT2D eigenvalue weighted by atomic mass is 15.2. The minimum atomic E-state index is 0.775. The monoisotopic (exact) mass is 170 g/mol. The first-order chi connectivity index (χ1) is 5.75. The van der Waals surface area contributed by atoms with Crippen molar-refractivity contribution in [1.29, 1.82) is 0 Å². The first kappa shape index (κ1) is 10.0. The van der Waals surface area contributed by atoms with Gasteiger partial charge in [-0.05, 0) is 32.5 Å². The van der Waals surface area contributed by atoms with E-state index in [1.807, 2.05) is 0 Å². The van der Waals surface area contributed by atoms with Crippen LogP contribution in [0.15, 0.2) is 0 Å². The summed E-state index contributed by atoms with van der Waals surface area (Å²) in [5, 5.41) is 3.44. The normalized spacial score (nSPS) is 30.0. The molecule has 0 bridgehead atoms. The Labute approximate surface area is 76.3 Å². The Kier molecular flexibility index (Phi) is 4.02. The van der Waals surface area contributed by atoms with Gasteiger partial charge in [0.2, 0.25) is 0 Å². The summed E-state index contributed by atoms with van der Waals surface area (Å²) in [6, 6.07) is 0.775. The van der Waals surface area contributed by atoms with E-state index in [0.29, 0.717) is 0 Å². The molecule has 2 nitrogen and oxygen atoms in total. The van der Waals surface area contributed by atoms with Gasteiger partial charge in [-0.1, -0.05) is 20.3 Å². The Morgan fingerprint density at radius 2 is 2.17 bits per heavy atom. The predicted molar refractivity (Wildman–Crippen MR) is 53.4 cm³/mol. The molecule has 0 spiro atoms. The molecule has 1 aliphatic rings. The first-order valence-corrected chi connectivity index (χ1v) is 5.16. The van der Waals surface area contributed by atoms with Gasteiger partial charge in [0, 0.05) is 12.6 Å². The SMILES string of the molecule is CCCCN(C)C1CNCC1C. The summed E-state index contributed by atoms with van der Waals surface area (Å²) >= 11 is 0. The smallest absolute Gasteiger partial charge is 0.0255 e. The molecule has 1 saturated heterocycles. The number of hydrogen-bond acceptors (Lipinski definition) is 2. The van der Waals surface area contributed by atoms with Crippen molar-refractivity contribution in [3.05, 3.63) is 0 Å². The molecule has 2 heteroatoms. The number of nitrogens with one attached hydrogen (secondary N) is 1. The van der Waals surface area contributed by atoms with Gasteiger partial charge in [-0.25, -0.2) is 0 Å².